The Morgan fingerprint density at radius 2 is 1.97 bits per heavy atom. The highest BCUT2D eigenvalue weighted by molar-refractivity contribution is 5.96. The minimum absolute atomic E-state index is 0.0658. The Labute approximate surface area is 185 Å². The molecule has 0 aliphatic carbocycles. The molecule has 2 heterocycles. The van der Waals surface area contributed by atoms with Crippen LogP contribution in [0.15, 0.2) is 42.5 Å². The average molecular weight is 448 g/mol. The topological polar surface area (TPSA) is 53.6 Å². The van der Waals surface area contributed by atoms with Gasteiger partial charge in [0, 0.05) is 36.3 Å². The third-order valence-electron chi connectivity index (χ3n) is 6.19. The number of nitrogens with zero attached hydrogens (tertiary/aromatic N) is 1. The van der Waals surface area contributed by atoms with E-state index in [-0.39, 0.29) is 18.5 Å². The molecule has 2 unspecified atom stereocenters. The van der Waals surface area contributed by atoms with Crippen LogP contribution in [0.5, 0.6) is 5.75 Å². The van der Waals surface area contributed by atoms with Crippen molar-refractivity contribution < 1.29 is 22.7 Å². The summed E-state index contributed by atoms with van der Waals surface area (Å²) in [6.07, 6.45) is -1.96. The number of fused-ring (bicyclic) bond motifs is 1. The minimum atomic E-state index is -4.46. The van der Waals surface area contributed by atoms with E-state index in [1.807, 2.05) is 18.2 Å². The molecule has 1 amide bonds. The number of ether oxygens (including phenoxy) is 1. The number of rotatable bonds is 6. The van der Waals surface area contributed by atoms with E-state index < -0.39 is 18.6 Å². The largest absolute Gasteiger partial charge is 0.496 e. The second kappa shape index (κ2) is 9.50. The second-order valence-electron chi connectivity index (χ2n) is 8.36. The van der Waals surface area contributed by atoms with Crippen LogP contribution in [-0.4, -0.2) is 38.3 Å². The lowest BCUT2D eigenvalue weighted by atomic mass is 9.92. The van der Waals surface area contributed by atoms with E-state index in [0.29, 0.717) is 30.0 Å². The van der Waals surface area contributed by atoms with Crippen molar-refractivity contribution in [3.8, 4) is 5.75 Å². The molecule has 0 aromatic heterocycles. The van der Waals surface area contributed by atoms with E-state index in [2.05, 4.69) is 22.8 Å². The maximum atomic E-state index is 13.1. The highest BCUT2D eigenvalue weighted by Gasteiger charge is 2.36. The van der Waals surface area contributed by atoms with Crippen LogP contribution in [0.4, 0.5) is 18.9 Å². The summed E-state index contributed by atoms with van der Waals surface area (Å²) in [4.78, 5) is 13.1. The van der Waals surface area contributed by atoms with Crippen molar-refractivity contribution in [3.05, 3.63) is 59.2 Å². The molecule has 2 aromatic rings. The molecule has 32 heavy (non-hydrogen) atoms. The normalized spacial score (nSPS) is 21.4. The molecule has 1 saturated heterocycles. The zero-order chi connectivity index (χ0) is 22.7. The van der Waals surface area contributed by atoms with Gasteiger partial charge in [0.05, 0.1) is 7.11 Å². The Kier molecular flexibility index (Phi) is 6.71. The monoisotopic (exact) mass is 447 g/mol. The highest BCUT2D eigenvalue weighted by atomic mass is 19.4. The van der Waals surface area contributed by atoms with Gasteiger partial charge in [-0.3, -0.25) is 4.79 Å². The fourth-order valence-electron chi connectivity index (χ4n) is 4.66. The van der Waals surface area contributed by atoms with Gasteiger partial charge >= 0.3 is 6.18 Å². The molecule has 2 N–H and O–H groups in total. The molecule has 5 nitrogen and oxygen atoms in total. The van der Waals surface area contributed by atoms with Crippen LogP contribution in [0.3, 0.4) is 0 Å². The Balaban J connectivity index is 1.57. The quantitative estimate of drug-likeness (QED) is 0.700. The fraction of sp³-hybridized carbons (Fsp3) is 0.458. The Bertz CT molecular complexity index is 949. The summed E-state index contributed by atoms with van der Waals surface area (Å²) in [7, 11) is 1.56. The molecule has 0 bridgehead atoms. The number of alkyl halides is 3. The van der Waals surface area contributed by atoms with Crippen molar-refractivity contribution in [1.82, 2.24) is 10.6 Å². The van der Waals surface area contributed by atoms with Gasteiger partial charge in [-0.15, -0.1) is 0 Å². The van der Waals surface area contributed by atoms with Gasteiger partial charge < -0.3 is 20.3 Å². The maximum Gasteiger partial charge on any atom is 0.406 e. The van der Waals surface area contributed by atoms with Crippen LogP contribution >= 0.6 is 0 Å². The summed E-state index contributed by atoms with van der Waals surface area (Å²) < 4.78 is 44.9. The van der Waals surface area contributed by atoms with Crippen LogP contribution in [0, 0.1) is 0 Å². The molecule has 1 fully saturated rings. The molecule has 2 aliphatic rings. The summed E-state index contributed by atoms with van der Waals surface area (Å²) >= 11 is 0. The Morgan fingerprint density at radius 1 is 1.19 bits per heavy atom. The number of hydrogen-bond donors (Lipinski definition) is 2. The van der Waals surface area contributed by atoms with Gasteiger partial charge in [-0.1, -0.05) is 30.3 Å². The first-order valence-electron chi connectivity index (χ1n) is 10.9. The molecule has 0 radical (unpaired) electrons. The van der Waals surface area contributed by atoms with Gasteiger partial charge in [0.25, 0.3) is 0 Å². The molecular weight excluding hydrogens is 419 g/mol. The summed E-state index contributed by atoms with van der Waals surface area (Å²) in [6, 6.07) is 14.0. The number of aryl methyl sites for hydroxylation is 1. The minimum Gasteiger partial charge on any atom is -0.496 e. The number of hydrogen-bond acceptors (Lipinski definition) is 4. The van der Waals surface area contributed by atoms with Gasteiger partial charge in [-0.2, -0.15) is 13.2 Å². The summed E-state index contributed by atoms with van der Waals surface area (Å²) in [5.74, 6) is 0.122. The van der Waals surface area contributed by atoms with Gasteiger partial charge in [-0.25, -0.2) is 0 Å². The third-order valence-corrected chi connectivity index (χ3v) is 6.19. The van der Waals surface area contributed by atoms with Gasteiger partial charge in [-0.05, 0) is 49.1 Å². The standard InChI is InChI=1S/C24H28F3N3O2/c1-32-21-13-17-9-10-22(31)30(15-24(25,26)27)20(17)12-18(21)14-29-19-8-5-11-28-23(19)16-6-3-2-4-7-16/h2-4,6-7,12-13,19,23,28-29H,5,8-11,14-15H2,1H3. The Morgan fingerprint density at radius 3 is 2.69 bits per heavy atom. The van der Waals surface area contributed by atoms with Gasteiger partial charge in [0.2, 0.25) is 5.91 Å². The molecule has 0 saturated carbocycles. The highest BCUT2D eigenvalue weighted by Crippen LogP contribution is 2.36. The number of benzene rings is 2. The van der Waals surface area contributed by atoms with E-state index in [0.717, 1.165) is 29.8 Å². The first kappa shape index (κ1) is 22.6. The predicted molar refractivity (Wildman–Crippen MR) is 117 cm³/mol. The lowest BCUT2D eigenvalue weighted by molar-refractivity contribution is -0.132. The van der Waals surface area contributed by atoms with Crippen molar-refractivity contribution in [3.63, 3.8) is 0 Å². The number of carbonyl (C=O) groups excluding carboxylic acids is 1. The lowest BCUT2D eigenvalue weighted by Crippen LogP contribution is -2.45. The molecule has 172 valence electrons. The molecule has 8 heteroatoms. The van der Waals surface area contributed by atoms with Gasteiger partial charge in [0.1, 0.15) is 12.3 Å². The SMILES string of the molecule is COc1cc2c(cc1CNC1CCCNC1c1ccccc1)N(CC(F)(F)F)C(=O)CC2. The van der Waals surface area contributed by atoms with E-state index in [1.54, 1.807) is 19.2 Å². The van der Waals surface area contributed by atoms with Crippen molar-refractivity contribution >= 4 is 11.6 Å². The number of piperidine rings is 1. The van der Waals surface area contributed by atoms with Crippen LogP contribution in [0.1, 0.15) is 42.0 Å². The van der Waals surface area contributed by atoms with Crippen molar-refractivity contribution in [2.24, 2.45) is 0 Å². The summed E-state index contributed by atoms with van der Waals surface area (Å²) in [5.41, 5.74) is 2.98. The van der Waals surface area contributed by atoms with Crippen LogP contribution in [-0.2, 0) is 17.8 Å². The number of anilines is 1. The van der Waals surface area contributed by atoms with E-state index in [1.165, 1.54) is 5.56 Å². The average Bonchev–Trinajstić information content (AvgIpc) is 2.79. The second-order valence-corrected chi connectivity index (χ2v) is 8.36. The molecule has 2 atom stereocenters. The van der Waals surface area contributed by atoms with Crippen molar-refractivity contribution in [2.45, 2.75) is 50.5 Å². The van der Waals surface area contributed by atoms with Crippen LogP contribution in [0.2, 0.25) is 0 Å². The molecule has 2 aromatic carbocycles. The molecule has 4 rings (SSSR count). The van der Waals surface area contributed by atoms with E-state index >= 15 is 0 Å². The number of amides is 1. The zero-order valence-corrected chi connectivity index (χ0v) is 18.0. The van der Waals surface area contributed by atoms with Crippen LogP contribution < -0.4 is 20.3 Å². The molecule has 0 spiro atoms. The first-order chi connectivity index (χ1) is 15.4. The first-order valence-corrected chi connectivity index (χ1v) is 10.9. The third kappa shape index (κ3) is 5.07. The van der Waals surface area contributed by atoms with E-state index in [9.17, 15) is 18.0 Å². The summed E-state index contributed by atoms with van der Waals surface area (Å²) in [5, 5.41) is 7.14. The lowest BCUT2D eigenvalue weighted by Gasteiger charge is -2.34. The number of methoxy groups -OCH3 is 1. The van der Waals surface area contributed by atoms with Gasteiger partial charge in [0.15, 0.2) is 0 Å². The molecular formula is C24H28F3N3O2. The predicted octanol–water partition coefficient (Wildman–Crippen LogP) is 4.12. The van der Waals surface area contributed by atoms with E-state index in [4.69, 9.17) is 4.74 Å². The number of nitrogens with one attached hydrogen (secondary N) is 2. The Hall–Kier alpha value is -2.58. The van der Waals surface area contributed by atoms with Crippen molar-refractivity contribution in [1.29, 1.82) is 0 Å². The maximum absolute atomic E-state index is 13.1. The smallest absolute Gasteiger partial charge is 0.406 e. The molecule has 2 aliphatic heterocycles. The van der Waals surface area contributed by atoms with Crippen molar-refractivity contribution in [2.75, 3.05) is 25.1 Å². The van der Waals surface area contributed by atoms with Crippen LogP contribution in [0.25, 0.3) is 0 Å². The zero-order valence-electron chi connectivity index (χ0n) is 18.0. The fourth-order valence-corrected chi connectivity index (χ4v) is 4.66. The summed E-state index contributed by atoms with van der Waals surface area (Å²) in [6.45, 7) is 0.0925. The number of halogens is 3. The number of carbonyl (C=O) groups is 1.